The number of hydrogen-bond acceptors (Lipinski definition) is 15. The summed E-state index contributed by atoms with van der Waals surface area (Å²) >= 11 is 0. The second kappa shape index (κ2) is 22.7. The summed E-state index contributed by atoms with van der Waals surface area (Å²) in [5.74, 6) is 0.416. The van der Waals surface area contributed by atoms with Crippen LogP contribution in [0.4, 0.5) is 5.69 Å². The number of carbonyl (C=O) groups is 3. The number of fused-ring (bicyclic) bond motifs is 1. The van der Waals surface area contributed by atoms with Crippen LogP contribution in [0, 0.1) is 17.2 Å². The first-order valence-electron chi connectivity index (χ1n) is 22.4. The molecule has 2 aliphatic rings. The molecular weight excluding hydrogens is 873 g/mol. The lowest BCUT2D eigenvalue weighted by Gasteiger charge is -2.31. The fourth-order valence-electron chi connectivity index (χ4n) is 7.92. The minimum atomic E-state index is -0.815. The molecule has 68 heavy (non-hydrogen) atoms. The number of hydrogen-bond donors (Lipinski definition) is 2. The van der Waals surface area contributed by atoms with Gasteiger partial charge in [0.2, 0.25) is 11.8 Å². The highest BCUT2D eigenvalue weighted by atomic mass is 16.5. The molecule has 2 saturated heterocycles. The fraction of sp³-hybridized carbons (Fsp3) is 0.347. The van der Waals surface area contributed by atoms with Crippen molar-refractivity contribution in [2.45, 2.75) is 38.3 Å². The first-order valence-corrected chi connectivity index (χ1v) is 22.4. The highest BCUT2D eigenvalue weighted by Crippen LogP contribution is 2.23. The Labute approximate surface area is 390 Å². The Morgan fingerprint density at radius 1 is 0.824 bits per heavy atom. The molecule has 0 saturated carbocycles. The summed E-state index contributed by atoms with van der Waals surface area (Å²) < 4.78 is 25.4. The van der Waals surface area contributed by atoms with Crippen LogP contribution in [-0.4, -0.2) is 118 Å². The highest BCUT2D eigenvalue weighted by Gasteiger charge is 2.30. The van der Waals surface area contributed by atoms with Gasteiger partial charge in [-0.1, -0.05) is 30.3 Å². The Bertz CT molecular complexity index is 2910. The summed E-state index contributed by atoms with van der Waals surface area (Å²) in [6.07, 6.45) is 6.83. The van der Waals surface area contributed by atoms with E-state index in [1.165, 1.54) is 16.9 Å². The van der Waals surface area contributed by atoms with Crippen molar-refractivity contribution in [1.29, 1.82) is 5.26 Å². The Hall–Kier alpha value is -7.66. The molecule has 2 aliphatic heterocycles. The van der Waals surface area contributed by atoms with E-state index in [0.717, 1.165) is 39.9 Å². The van der Waals surface area contributed by atoms with Gasteiger partial charge in [0.15, 0.2) is 11.6 Å². The normalized spacial score (nSPS) is 15.2. The Kier molecular flexibility index (Phi) is 15.6. The Morgan fingerprint density at radius 2 is 1.59 bits per heavy atom. The summed E-state index contributed by atoms with van der Waals surface area (Å²) in [7, 11) is 0. The number of benzene rings is 3. The van der Waals surface area contributed by atoms with E-state index in [9.17, 15) is 29.2 Å². The third kappa shape index (κ3) is 12.2. The first kappa shape index (κ1) is 46.9. The van der Waals surface area contributed by atoms with E-state index in [-0.39, 0.29) is 61.5 Å². The number of nitrogens with one attached hydrogen (secondary N) is 2. The number of piperidine rings is 2. The SMILES string of the molecule is N#Cc1cccc(-c2ccc(=O)n(Cc3cccc(-c4ncc(OCC5CCN(C(=O)COCCOCCOCCNc6ccc7c(=O)n(C8CCC(=O)NC8=O)ncc7c6)CC5)cn4)c3)n2)c1. The van der Waals surface area contributed by atoms with Gasteiger partial charge in [-0.15, -0.1) is 0 Å². The summed E-state index contributed by atoms with van der Waals surface area (Å²) in [6.45, 7) is 4.29. The third-order valence-corrected chi connectivity index (χ3v) is 11.6. The maximum absolute atomic E-state index is 13.0. The van der Waals surface area contributed by atoms with Crippen LogP contribution in [-0.2, 0) is 35.1 Å². The summed E-state index contributed by atoms with van der Waals surface area (Å²) in [6, 6.07) is 24.4. The second-order valence-electron chi connectivity index (χ2n) is 16.4. The zero-order valence-electron chi connectivity index (χ0n) is 37.3. The van der Waals surface area contributed by atoms with Gasteiger partial charge in [-0.3, -0.25) is 29.3 Å². The Balaban J connectivity index is 0.667. The van der Waals surface area contributed by atoms with Crippen LogP contribution in [0.2, 0.25) is 0 Å². The number of anilines is 1. The standard InChI is InChI=1S/C49H50N10O9/c50-26-34-3-1-5-36(23-34)42-9-12-45(61)58(56-42)30-35-4-2-6-37(24-35)47-52-28-40(29-53-47)68-31-33-13-16-57(17-14-33)46(62)32-67-22-21-66-20-19-65-18-15-51-39-7-8-41-38(25-39)27-54-59(49(41)64)43-10-11-44(60)55-48(43)63/h1-9,12,23-25,27-29,33,43,51H,10-11,13-22,30-32H2,(H,55,60,63). The summed E-state index contributed by atoms with van der Waals surface area (Å²) in [5.41, 5.74) is 3.65. The number of nitrogens with zero attached hydrogens (tertiary/aromatic N) is 8. The van der Waals surface area contributed by atoms with Crippen LogP contribution in [0.5, 0.6) is 5.75 Å². The van der Waals surface area contributed by atoms with Crippen LogP contribution >= 0.6 is 0 Å². The third-order valence-electron chi connectivity index (χ3n) is 11.6. The number of aromatic nitrogens is 6. The quantitative estimate of drug-likeness (QED) is 0.0820. The number of imide groups is 1. The molecule has 3 aromatic carbocycles. The number of nitriles is 1. The minimum absolute atomic E-state index is 0.0120. The molecule has 1 unspecified atom stereocenters. The van der Waals surface area contributed by atoms with Crippen molar-refractivity contribution in [3.05, 3.63) is 129 Å². The molecular formula is C49H50N10O9. The molecule has 2 fully saturated rings. The van der Waals surface area contributed by atoms with E-state index in [1.54, 1.807) is 54.9 Å². The summed E-state index contributed by atoms with van der Waals surface area (Å²) in [5, 5.41) is 24.6. The predicted octanol–water partition coefficient (Wildman–Crippen LogP) is 3.75. The molecule has 0 spiro atoms. The van der Waals surface area contributed by atoms with Crippen molar-refractivity contribution >= 4 is 34.2 Å². The van der Waals surface area contributed by atoms with Crippen molar-refractivity contribution < 1.29 is 33.3 Å². The predicted molar refractivity (Wildman–Crippen MR) is 248 cm³/mol. The van der Waals surface area contributed by atoms with E-state index in [1.807, 2.05) is 35.2 Å². The second-order valence-corrected chi connectivity index (χ2v) is 16.4. The lowest BCUT2D eigenvalue weighted by molar-refractivity contribution is -0.138. The van der Waals surface area contributed by atoms with Gasteiger partial charge >= 0.3 is 0 Å². The van der Waals surface area contributed by atoms with Gasteiger partial charge in [-0.25, -0.2) is 19.3 Å². The largest absolute Gasteiger partial charge is 0.490 e. The zero-order chi connectivity index (χ0) is 47.2. The maximum atomic E-state index is 13.0. The van der Waals surface area contributed by atoms with Crippen molar-refractivity contribution in [2.75, 3.05) is 71.2 Å². The number of likely N-dealkylation sites (tertiary alicyclic amines) is 1. The first-order chi connectivity index (χ1) is 33.2. The van der Waals surface area contributed by atoms with E-state index in [4.69, 9.17) is 18.9 Å². The topological polar surface area (TPSA) is 235 Å². The number of carbonyl (C=O) groups excluding carboxylic acids is 3. The van der Waals surface area contributed by atoms with E-state index in [0.29, 0.717) is 86.3 Å². The average molecular weight is 923 g/mol. The van der Waals surface area contributed by atoms with Crippen LogP contribution < -0.4 is 26.5 Å². The zero-order valence-corrected chi connectivity index (χ0v) is 37.3. The molecule has 0 aliphatic carbocycles. The van der Waals surface area contributed by atoms with Crippen LogP contribution in [0.25, 0.3) is 33.4 Å². The number of ether oxygens (including phenoxy) is 4. The molecule has 350 valence electrons. The molecule has 1 atom stereocenters. The minimum Gasteiger partial charge on any atom is -0.490 e. The lowest BCUT2D eigenvalue weighted by Crippen LogP contribution is -2.45. The lowest BCUT2D eigenvalue weighted by atomic mass is 9.98. The van der Waals surface area contributed by atoms with Crippen LogP contribution in [0.1, 0.15) is 42.9 Å². The smallest absolute Gasteiger partial charge is 0.275 e. The molecule has 0 radical (unpaired) electrons. The molecule has 5 heterocycles. The van der Waals surface area contributed by atoms with Crippen molar-refractivity contribution in [3.8, 4) is 34.5 Å². The van der Waals surface area contributed by atoms with Crippen LogP contribution in [0.15, 0.2) is 107 Å². The van der Waals surface area contributed by atoms with Gasteiger partial charge in [-0.2, -0.15) is 15.5 Å². The van der Waals surface area contributed by atoms with Crippen molar-refractivity contribution in [2.24, 2.45) is 5.92 Å². The van der Waals surface area contributed by atoms with E-state index < -0.39 is 11.9 Å². The number of rotatable bonds is 20. The summed E-state index contributed by atoms with van der Waals surface area (Å²) in [4.78, 5) is 73.1. The Morgan fingerprint density at radius 3 is 2.38 bits per heavy atom. The average Bonchev–Trinajstić information content (AvgIpc) is 3.36. The van der Waals surface area contributed by atoms with Crippen molar-refractivity contribution in [1.82, 2.24) is 39.7 Å². The van der Waals surface area contributed by atoms with Gasteiger partial charge in [0.05, 0.1) is 87.5 Å². The van der Waals surface area contributed by atoms with Crippen LogP contribution in [0.3, 0.4) is 0 Å². The van der Waals surface area contributed by atoms with Gasteiger partial charge < -0.3 is 29.2 Å². The molecule has 2 N–H and O–H groups in total. The molecule has 0 bridgehead atoms. The molecule has 3 aromatic heterocycles. The van der Waals surface area contributed by atoms with Gasteiger partial charge in [-0.05, 0) is 73.2 Å². The van der Waals surface area contributed by atoms with E-state index >= 15 is 0 Å². The van der Waals surface area contributed by atoms with Crippen molar-refractivity contribution in [3.63, 3.8) is 0 Å². The van der Waals surface area contributed by atoms with Gasteiger partial charge in [0.25, 0.3) is 17.0 Å². The monoisotopic (exact) mass is 922 g/mol. The van der Waals surface area contributed by atoms with E-state index in [2.05, 4.69) is 36.9 Å². The molecule has 3 amide bonds. The molecule has 8 rings (SSSR count). The maximum Gasteiger partial charge on any atom is 0.275 e. The van der Waals surface area contributed by atoms with Gasteiger partial charge in [0, 0.05) is 54.3 Å². The molecule has 19 nitrogen and oxygen atoms in total. The fourth-order valence-corrected chi connectivity index (χ4v) is 7.92. The molecule has 19 heteroatoms. The molecule has 6 aromatic rings. The van der Waals surface area contributed by atoms with Gasteiger partial charge in [0.1, 0.15) is 12.6 Å². The highest BCUT2D eigenvalue weighted by molar-refractivity contribution is 5.99. The number of amides is 3.